The second-order valence-corrected chi connectivity index (χ2v) is 11.9. The van der Waals surface area contributed by atoms with Crippen LogP contribution in [0, 0.1) is 0 Å². The topological polar surface area (TPSA) is 133 Å². The van der Waals surface area contributed by atoms with E-state index in [1.54, 1.807) is 29.2 Å². The number of hydrogen-bond donors (Lipinski definition) is 3. The van der Waals surface area contributed by atoms with E-state index >= 15 is 0 Å². The number of fused-ring (bicyclic) bond motifs is 2. The van der Waals surface area contributed by atoms with Gasteiger partial charge in [-0.15, -0.1) is 0 Å². The molecule has 1 aliphatic heterocycles. The highest BCUT2D eigenvalue weighted by molar-refractivity contribution is 7.86. The molecule has 3 aromatic carbocycles. The maximum atomic E-state index is 14.0. The molecule has 6 rings (SSSR count). The zero-order valence-corrected chi connectivity index (χ0v) is 22.6. The quantitative estimate of drug-likeness (QED) is 0.270. The fourth-order valence-electron chi connectivity index (χ4n) is 6.00. The molecule has 1 heterocycles. The molecule has 40 heavy (non-hydrogen) atoms. The third-order valence-corrected chi connectivity index (χ3v) is 8.83. The molecule has 1 amide bonds. The Morgan fingerprint density at radius 2 is 1.48 bits per heavy atom. The van der Waals surface area contributed by atoms with Crippen LogP contribution < -0.4 is 15.5 Å². The Kier molecular flexibility index (Phi) is 6.67. The highest BCUT2D eigenvalue weighted by Gasteiger charge is 2.38. The molecule has 0 aromatic heterocycles. The van der Waals surface area contributed by atoms with Gasteiger partial charge >= 0.3 is 0 Å². The molecule has 0 radical (unpaired) electrons. The third kappa shape index (κ3) is 4.67. The normalized spacial score (nSPS) is 17.5. The van der Waals surface area contributed by atoms with Crippen LogP contribution in [0.4, 0.5) is 22.7 Å². The van der Waals surface area contributed by atoms with Crippen LogP contribution in [0.25, 0.3) is 0 Å². The van der Waals surface area contributed by atoms with Crippen molar-refractivity contribution in [2.75, 3.05) is 22.1 Å². The lowest BCUT2D eigenvalue weighted by molar-refractivity contribution is -0.117. The lowest BCUT2D eigenvalue weighted by Crippen LogP contribution is -2.28. The monoisotopic (exact) mass is 559 g/mol. The molecule has 2 fully saturated rings. The summed E-state index contributed by atoms with van der Waals surface area (Å²) >= 11 is 0. The van der Waals surface area contributed by atoms with Gasteiger partial charge in [-0.3, -0.25) is 18.9 Å². The summed E-state index contributed by atoms with van der Waals surface area (Å²) in [6.07, 6.45) is 6.55. The van der Waals surface area contributed by atoms with Gasteiger partial charge < -0.3 is 15.5 Å². The predicted molar refractivity (Wildman–Crippen MR) is 151 cm³/mol. The highest BCUT2D eigenvalue weighted by Crippen LogP contribution is 2.40. The molecule has 1 saturated carbocycles. The summed E-state index contributed by atoms with van der Waals surface area (Å²) < 4.78 is 34.2. The lowest BCUT2D eigenvalue weighted by Gasteiger charge is -2.28. The number of rotatable bonds is 6. The number of hydrogen-bond acceptors (Lipinski definition) is 7. The van der Waals surface area contributed by atoms with Crippen LogP contribution in [0.2, 0.25) is 0 Å². The number of benzene rings is 3. The average Bonchev–Trinajstić information content (AvgIpc) is 3.38. The van der Waals surface area contributed by atoms with Crippen LogP contribution in [0.3, 0.4) is 0 Å². The molecule has 1 saturated heterocycles. The van der Waals surface area contributed by atoms with Crippen molar-refractivity contribution in [2.24, 2.45) is 0 Å². The van der Waals surface area contributed by atoms with Gasteiger partial charge in [0.05, 0.1) is 22.4 Å². The van der Waals surface area contributed by atoms with Crippen molar-refractivity contribution < 1.29 is 27.4 Å². The van der Waals surface area contributed by atoms with E-state index in [9.17, 15) is 27.4 Å². The molecule has 3 N–H and O–H groups in total. The first-order chi connectivity index (χ1) is 19.2. The van der Waals surface area contributed by atoms with E-state index in [4.69, 9.17) is 0 Å². The van der Waals surface area contributed by atoms with Gasteiger partial charge in [-0.2, -0.15) is 8.42 Å². The minimum Gasteiger partial charge on any atom is -0.382 e. The van der Waals surface area contributed by atoms with Gasteiger partial charge in [0.2, 0.25) is 5.91 Å². The maximum Gasteiger partial charge on any atom is 0.295 e. The number of nitrogens with zero attached hydrogens (tertiary/aromatic N) is 1. The summed E-state index contributed by atoms with van der Waals surface area (Å²) in [5.74, 6) is -1.07. The number of anilines is 4. The van der Waals surface area contributed by atoms with Gasteiger partial charge in [0, 0.05) is 41.6 Å². The van der Waals surface area contributed by atoms with E-state index in [0.29, 0.717) is 30.0 Å². The predicted octanol–water partition coefficient (Wildman–Crippen LogP) is 5.32. The van der Waals surface area contributed by atoms with Crippen molar-refractivity contribution >= 4 is 50.3 Å². The van der Waals surface area contributed by atoms with E-state index in [-0.39, 0.29) is 34.2 Å². The van der Waals surface area contributed by atoms with Gasteiger partial charge in [0.1, 0.15) is 4.90 Å². The minimum atomic E-state index is -4.77. The molecule has 0 atom stereocenters. The summed E-state index contributed by atoms with van der Waals surface area (Å²) in [5, 5.41) is 6.68. The number of ketones is 2. The van der Waals surface area contributed by atoms with E-state index in [0.717, 1.165) is 50.3 Å². The first kappa shape index (κ1) is 26.2. The van der Waals surface area contributed by atoms with E-state index < -0.39 is 26.6 Å². The second kappa shape index (κ2) is 10.2. The second-order valence-electron chi connectivity index (χ2n) is 10.5. The first-order valence-electron chi connectivity index (χ1n) is 13.5. The number of nitrogens with one attached hydrogen (secondary N) is 2. The first-order valence-corrected chi connectivity index (χ1v) is 15.0. The molecule has 2 aliphatic carbocycles. The summed E-state index contributed by atoms with van der Waals surface area (Å²) in [5.41, 5.74) is 2.10. The molecule has 9 nitrogen and oxygen atoms in total. The summed E-state index contributed by atoms with van der Waals surface area (Å²) in [6.45, 7) is 0.667. The third-order valence-electron chi connectivity index (χ3n) is 7.93. The van der Waals surface area contributed by atoms with Crippen molar-refractivity contribution in [2.45, 2.75) is 55.9 Å². The smallest absolute Gasteiger partial charge is 0.295 e. The van der Waals surface area contributed by atoms with Gasteiger partial charge in [-0.1, -0.05) is 31.4 Å². The van der Waals surface area contributed by atoms with E-state index in [1.165, 1.54) is 12.1 Å². The van der Waals surface area contributed by atoms with Crippen molar-refractivity contribution in [3.05, 3.63) is 76.9 Å². The summed E-state index contributed by atoms with van der Waals surface area (Å²) in [6, 6.07) is 14.7. The minimum absolute atomic E-state index is 0.0493. The number of carbonyl (C=O) groups excluding carboxylic acids is 3. The molecule has 0 bridgehead atoms. The molecule has 0 unspecified atom stereocenters. The average molecular weight is 560 g/mol. The fourth-order valence-corrected chi connectivity index (χ4v) is 6.71. The molecular weight excluding hydrogens is 530 g/mol. The highest BCUT2D eigenvalue weighted by atomic mass is 32.2. The standard InChI is InChI=1S/C30H29N3O6S/c34-25-10-5-17-33(25)20-13-11-19(12-14-20)32-23-16-15-22(31-18-6-2-1-3-7-18)27-28(23)30(36)26-21(29(27)35)8-4-9-24(26)40(37,38)39/h4,8-9,11-16,18,31-32H,1-3,5-7,10,17H2,(H,37,38,39). The Morgan fingerprint density at radius 3 is 2.15 bits per heavy atom. The molecule has 10 heteroatoms. The van der Waals surface area contributed by atoms with Crippen LogP contribution in [-0.2, 0) is 14.9 Å². The fraction of sp³-hybridized carbons (Fsp3) is 0.300. The van der Waals surface area contributed by atoms with Crippen LogP contribution >= 0.6 is 0 Å². The summed E-state index contributed by atoms with van der Waals surface area (Å²) in [4.78, 5) is 41.2. The Hall–Kier alpha value is -4.02. The van der Waals surface area contributed by atoms with Crippen molar-refractivity contribution in [1.82, 2.24) is 0 Å². The van der Waals surface area contributed by atoms with Crippen molar-refractivity contribution in [3.63, 3.8) is 0 Å². The largest absolute Gasteiger partial charge is 0.382 e. The van der Waals surface area contributed by atoms with E-state index in [1.807, 2.05) is 12.1 Å². The molecule has 3 aromatic rings. The molecular formula is C30H29N3O6S. The molecule has 206 valence electrons. The van der Waals surface area contributed by atoms with Crippen LogP contribution in [0.5, 0.6) is 0 Å². The molecule has 0 spiro atoms. The van der Waals surface area contributed by atoms with Crippen LogP contribution in [-0.4, -0.2) is 43.0 Å². The lowest BCUT2D eigenvalue weighted by atomic mass is 9.81. The Labute approximate surface area is 232 Å². The van der Waals surface area contributed by atoms with Crippen molar-refractivity contribution in [1.29, 1.82) is 0 Å². The van der Waals surface area contributed by atoms with Crippen LogP contribution in [0.1, 0.15) is 76.8 Å². The molecule has 3 aliphatic rings. The Bertz CT molecular complexity index is 1640. The number of amides is 1. The van der Waals surface area contributed by atoms with Gasteiger partial charge in [0.25, 0.3) is 10.1 Å². The Morgan fingerprint density at radius 1 is 0.775 bits per heavy atom. The van der Waals surface area contributed by atoms with Gasteiger partial charge in [0.15, 0.2) is 11.6 Å². The zero-order chi connectivity index (χ0) is 28.0. The Balaban J connectivity index is 1.43. The maximum absolute atomic E-state index is 14.0. The SMILES string of the molecule is O=C1c2cccc(S(=O)(=O)O)c2C(=O)c2c(Nc3ccc(N4CCCC4=O)cc3)ccc(NC3CCCCC3)c21. The van der Waals surface area contributed by atoms with Gasteiger partial charge in [-0.25, -0.2) is 0 Å². The summed E-state index contributed by atoms with van der Waals surface area (Å²) in [7, 11) is -4.77. The van der Waals surface area contributed by atoms with E-state index in [2.05, 4.69) is 10.6 Å². The number of carbonyl (C=O) groups is 3. The zero-order valence-electron chi connectivity index (χ0n) is 21.8. The van der Waals surface area contributed by atoms with Crippen LogP contribution in [0.15, 0.2) is 59.5 Å². The van der Waals surface area contributed by atoms with Crippen molar-refractivity contribution in [3.8, 4) is 0 Å². The van der Waals surface area contributed by atoms with Gasteiger partial charge in [-0.05, 0) is 61.7 Å².